The van der Waals surface area contributed by atoms with E-state index in [9.17, 15) is 0 Å². The van der Waals surface area contributed by atoms with Crippen LogP contribution < -0.4 is 0 Å². The number of fused-ring (bicyclic) bond motifs is 1. The van der Waals surface area contributed by atoms with Crippen LogP contribution in [0.2, 0.25) is 0 Å². The molecule has 4 rings (SSSR count). The Morgan fingerprint density at radius 2 is 1.53 bits per heavy atom. The van der Waals surface area contributed by atoms with Crippen LogP contribution >= 0.6 is 0 Å². The van der Waals surface area contributed by atoms with Crippen molar-refractivity contribution in [2.24, 2.45) is 5.92 Å². The van der Waals surface area contributed by atoms with Gasteiger partial charge in [-0.15, -0.1) is 53.6 Å². The summed E-state index contributed by atoms with van der Waals surface area (Å²) in [5.74, 6) is 0.560. The van der Waals surface area contributed by atoms with Crippen molar-refractivity contribution in [3.63, 3.8) is 0 Å². The molecule has 1 aliphatic carbocycles. The van der Waals surface area contributed by atoms with Gasteiger partial charge in [0.1, 0.15) is 0 Å². The predicted molar refractivity (Wildman–Crippen MR) is 133 cm³/mol. The Kier molecular flexibility index (Phi) is 12.5. The van der Waals surface area contributed by atoms with E-state index in [4.69, 9.17) is 0 Å². The molecule has 0 N–H and O–H groups in total. The summed E-state index contributed by atoms with van der Waals surface area (Å²) in [4.78, 5) is 0. The summed E-state index contributed by atoms with van der Waals surface area (Å²) >= 11 is 1.36. The first-order chi connectivity index (χ1) is 13.4. The zero-order valence-electron chi connectivity index (χ0n) is 19.8. The first kappa shape index (κ1) is 28.6. The zero-order chi connectivity index (χ0) is 20.8. The molecule has 0 nitrogen and oxygen atoms in total. The van der Waals surface area contributed by atoms with E-state index in [0.29, 0.717) is 5.92 Å². The second-order valence-corrected chi connectivity index (χ2v) is 7.45. The minimum atomic E-state index is 0. The monoisotopic (exact) mass is 488 g/mol. The van der Waals surface area contributed by atoms with Crippen molar-refractivity contribution in [2.75, 3.05) is 0 Å². The standard InChI is InChI=1S/C17H15.C9H13.2CH3.Si.Zr/c1-12-7-9-15(13(2)11-12)17-10-8-14-5-3-4-6-16(14)17;1-6-5-7(2)9(4)8(6)3;;;;/h3-11H,1-2H3;6H,1-4H3;2*1H3;;/q4*-1;;. The van der Waals surface area contributed by atoms with Crippen LogP contribution in [0.3, 0.4) is 0 Å². The molecule has 2 radical (unpaired) electrons. The molecule has 0 amide bonds. The molecule has 158 valence electrons. The van der Waals surface area contributed by atoms with Gasteiger partial charge in [0.25, 0.3) is 0 Å². The van der Waals surface area contributed by atoms with Gasteiger partial charge in [-0.25, -0.2) is 5.57 Å². The van der Waals surface area contributed by atoms with Gasteiger partial charge in [0.05, 0.1) is 0 Å². The summed E-state index contributed by atoms with van der Waals surface area (Å²) in [6.07, 6.45) is 3.36. The minimum absolute atomic E-state index is 0. The molecule has 0 bridgehead atoms. The molecular formula is C28H34SiZr-4. The molecule has 0 fully saturated rings. The summed E-state index contributed by atoms with van der Waals surface area (Å²) < 4.78 is 0. The van der Waals surface area contributed by atoms with Crippen LogP contribution in [0.4, 0.5) is 0 Å². The van der Waals surface area contributed by atoms with Gasteiger partial charge >= 0.3 is 30.2 Å². The summed E-state index contributed by atoms with van der Waals surface area (Å²) in [7, 11) is 0. The first-order valence-electron chi connectivity index (χ1n) is 9.63. The molecule has 0 spiro atoms. The molecule has 1 aliphatic rings. The second kappa shape index (κ2) is 13.1. The summed E-state index contributed by atoms with van der Waals surface area (Å²) in [5.41, 5.74) is 9.60. The van der Waals surface area contributed by atoms with Gasteiger partial charge in [-0.3, -0.25) is 6.08 Å². The van der Waals surface area contributed by atoms with E-state index in [1.165, 1.54) is 73.1 Å². The van der Waals surface area contributed by atoms with E-state index in [-0.39, 0.29) is 14.9 Å². The van der Waals surface area contributed by atoms with E-state index in [1.807, 2.05) is 0 Å². The Morgan fingerprint density at radius 3 is 2.03 bits per heavy atom. The number of benzene rings is 2. The number of rotatable bonds is 1. The van der Waals surface area contributed by atoms with Crippen LogP contribution in [0.25, 0.3) is 21.9 Å². The van der Waals surface area contributed by atoms with Crippen LogP contribution in [0.1, 0.15) is 38.8 Å². The maximum absolute atomic E-state index is 3.36. The van der Waals surface area contributed by atoms with Crippen molar-refractivity contribution in [3.05, 3.63) is 103 Å². The number of hydrogen-bond donors (Lipinski definition) is 0. The Hall–Kier alpha value is -1.37. The van der Waals surface area contributed by atoms with Crippen LogP contribution in [-0.4, -0.2) is 6.88 Å². The Balaban J connectivity index is 0.000000558. The van der Waals surface area contributed by atoms with Gasteiger partial charge in [0, 0.05) is 0 Å². The molecule has 30 heavy (non-hydrogen) atoms. The van der Waals surface area contributed by atoms with Gasteiger partial charge in [0.2, 0.25) is 0 Å². The second-order valence-electron chi connectivity index (χ2n) is 7.45. The third-order valence-electron chi connectivity index (χ3n) is 5.59. The van der Waals surface area contributed by atoms with Gasteiger partial charge < -0.3 is 14.9 Å². The van der Waals surface area contributed by atoms with Crippen LogP contribution in [0, 0.1) is 40.7 Å². The normalized spacial score (nSPS) is 14.4. The number of hydrogen-bond acceptors (Lipinski definition) is 0. The topological polar surface area (TPSA) is 0 Å². The average Bonchev–Trinajstić information content (AvgIpc) is 3.21. The van der Waals surface area contributed by atoms with E-state index >= 15 is 0 Å². The molecular weight excluding hydrogens is 456 g/mol. The molecule has 0 aromatic heterocycles. The van der Waals surface area contributed by atoms with Crippen molar-refractivity contribution < 1.29 is 23.3 Å². The van der Waals surface area contributed by atoms with Gasteiger partial charge in [-0.2, -0.15) is 11.1 Å². The Morgan fingerprint density at radius 1 is 0.900 bits per heavy atom. The van der Waals surface area contributed by atoms with Crippen molar-refractivity contribution >= 4 is 17.7 Å². The fourth-order valence-electron chi connectivity index (χ4n) is 3.66. The van der Waals surface area contributed by atoms with E-state index < -0.39 is 0 Å². The van der Waals surface area contributed by atoms with Crippen molar-refractivity contribution in [3.8, 4) is 11.1 Å². The predicted octanol–water partition coefficient (Wildman–Crippen LogP) is 8.08. The third kappa shape index (κ3) is 6.56. The number of allylic oxidation sites excluding steroid dienone is 4. The summed E-state index contributed by atoms with van der Waals surface area (Å²) in [5, 5.41) is 2.67. The quantitative estimate of drug-likeness (QED) is 0.239. The third-order valence-corrected chi connectivity index (χ3v) is 5.59. The SMILES string of the molecule is CC1=[C-]C(C)C(C)=C1C.Cc1ccc(-c2c[cH-]c3ccccc23)c(C)c1.[CH3-].[CH3-].[Si]=[Zr]. The fourth-order valence-corrected chi connectivity index (χ4v) is 3.66. The molecule has 1 atom stereocenters. The summed E-state index contributed by atoms with van der Waals surface area (Å²) in [6.45, 7) is 16.1. The van der Waals surface area contributed by atoms with Crippen LogP contribution in [0.15, 0.2) is 71.3 Å². The Labute approximate surface area is 202 Å². The van der Waals surface area contributed by atoms with E-state index in [0.717, 1.165) is 0 Å². The zero-order valence-corrected chi connectivity index (χ0v) is 23.2. The molecule has 0 aliphatic heterocycles. The fraction of sp³-hybridized carbons (Fsp3) is 0.250. The van der Waals surface area contributed by atoms with Crippen molar-refractivity contribution in [1.82, 2.24) is 0 Å². The molecule has 0 saturated carbocycles. The van der Waals surface area contributed by atoms with Gasteiger partial charge in [0.15, 0.2) is 0 Å². The molecule has 0 heterocycles. The maximum atomic E-state index is 3.36. The van der Waals surface area contributed by atoms with Crippen molar-refractivity contribution in [1.29, 1.82) is 0 Å². The van der Waals surface area contributed by atoms with E-state index in [1.54, 1.807) is 0 Å². The molecule has 1 unspecified atom stereocenters. The molecule has 0 saturated heterocycles. The molecule has 2 heteroatoms. The average molecular weight is 490 g/mol. The summed E-state index contributed by atoms with van der Waals surface area (Å²) in [6, 6.07) is 19.6. The Bertz CT molecular complexity index is 1020. The van der Waals surface area contributed by atoms with Crippen LogP contribution in [-0.2, 0) is 23.3 Å². The van der Waals surface area contributed by atoms with Crippen molar-refractivity contribution in [2.45, 2.75) is 41.5 Å². The van der Waals surface area contributed by atoms with Crippen LogP contribution in [0.5, 0.6) is 0 Å². The van der Waals surface area contributed by atoms with Gasteiger partial charge in [-0.1, -0.05) is 67.6 Å². The van der Waals surface area contributed by atoms with E-state index in [2.05, 4.69) is 109 Å². The molecule has 3 aromatic carbocycles. The number of aryl methyl sites for hydroxylation is 2. The molecule has 3 aromatic rings. The first-order valence-corrected chi connectivity index (χ1v) is 13.8. The van der Waals surface area contributed by atoms with Gasteiger partial charge in [-0.05, 0) is 13.8 Å².